The molecule has 1 aromatic rings. The molecule has 0 aromatic carbocycles. The Hall–Kier alpha value is -2.06. The number of aryl methyl sites for hydroxylation is 1. The number of aromatic nitrogens is 2. The fraction of sp³-hybridized carbons (Fsp3) is 0.792. The molecular formula is C48H68N2O5. The predicted octanol–water partition coefficient (Wildman–Crippen LogP) is 8.27. The number of fused-ring (bicyclic) bond motifs is 8. The number of aliphatic hydroxyl groups excluding tert-OH is 3. The van der Waals surface area contributed by atoms with Gasteiger partial charge < -0.3 is 25.0 Å². The van der Waals surface area contributed by atoms with Gasteiger partial charge in [-0.2, -0.15) is 0 Å². The SMILES string of the molecule is CC(C)(CCn1ccnc1)C1=C2CCCC3(CCCC3)C2C2=C3C(CCC2)CC(C2CCC4(O)C5=CC(=O)C6CC(O)C(O)CC6(C)C5CCC24C)C(O)C31. The van der Waals surface area contributed by atoms with Gasteiger partial charge in [-0.1, -0.05) is 62.8 Å². The van der Waals surface area contributed by atoms with E-state index in [9.17, 15) is 25.2 Å². The lowest BCUT2D eigenvalue weighted by molar-refractivity contribution is -0.156. The second kappa shape index (κ2) is 12.7. The maximum Gasteiger partial charge on any atom is 0.159 e. The third kappa shape index (κ3) is 5.13. The molecule has 0 radical (unpaired) electrons. The third-order valence-corrected chi connectivity index (χ3v) is 19.2. The summed E-state index contributed by atoms with van der Waals surface area (Å²) in [6.07, 6.45) is 24.3. The van der Waals surface area contributed by atoms with E-state index < -0.39 is 34.7 Å². The number of aliphatic hydroxyl groups is 4. The minimum Gasteiger partial charge on any atom is -0.392 e. The highest BCUT2D eigenvalue weighted by Gasteiger charge is 2.69. The Morgan fingerprint density at radius 3 is 2.42 bits per heavy atom. The molecule has 0 aliphatic heterocycles. The summed E-state index contributed by atoms with van der Waals surface area (Å²) in [5.74, 6) is 1.06. The quantitative estimate of drug-likeness (QED) is 0.225. The van der Waals surface area contributed by atoms with Crippen molar-refractivity contribution < 1.29 is 25.2 Å². The highest BCUT2D eigenvalue weighted by molar-refractivity contribution is 5.95. The van der Waals surface area contributed by atoms with Crippen LogP contribution in [-0.2, 0) is 11.3 Å². The van der Waals surface area contributed by atoms with Crippen LogP contribution in [0.5, 0.6) is 0 Å². The van der Waals surface area contributed by atoms with E-state index >= 15 is 0 Å². The molecule has 6 fully saturated rings. The van der Waals surface area contributed by atoms with Crippen molar-refractivity contribution in [3.63, 3.8) is 0 Å². The van der Waals surface area contributed by atoms with E-state index in [1.165, 1.54) is 64.2 Å². The fourth-order valence-corrected chi connectivity index (χ4v) is 16.6. The number of hydrogen-bond acceptors (Lipinski definition) is 6. The molecule has 13 atom stereocenters. The average Bonchev–Trinajstić information content (AvgIpc) is 3.91. The van der Waals surface area contributed by atoms with Crippen LogP contribution in [0.15, 0.2) is 52.7 Å². The maximum atomic E-state index is 13.9. The molecule has 9 aliphatic carbocycles. The molecule has 13 unspecified atom stereocenters. The van der Waals surface area contributed by atoms with Crippen LogP contribution in [0.2, 0.25) is 0 Å². The van der Waals surface area contributed by atoms with Gasteiger partial charge in [0.2, 0.25) is 0 Å². The summed E-state index contributed by atoms with van der Waals surface area (Å²) in [7, 11) is 0. The second-order valence-electron chi connectivity index (χ2n) is 21.8. The number of carbonyl (C=O) groups is 1. The van der Waals surface area contributed by atoms with Crippen LogP contribution < -0.4 is 0 Å². The highest BCUT2D eigenvalue weighted by Crippen LogP contribution is 2.72. The third-order valence-electron chi connectivity index (χ3n) is 19.2. The molecule has 9 aliphatic rings. The zero-order valence-corrected chi connectivity index (χ0v) is 34.1. The Balaban J connectivity index is 1.04. The first kappa shape index (κ1) is 37.2. The van der Waals surface area contributed by atoms with E-state index in [1.807, 2.05) is 12.5 Å². The van der Waals surface area contributed by atoms with Crippen LogP contribution in [0.4, 0.5) is 0 Å². The van der Waals surface area contributed by atoms with Gasteiger partial charge in [0.1, 0.15) is 0 Å². The molecule has 4 N–H and O–H groups in total. The number of nitrogens with zero attached hydrogens (tertiary/aromatic N) is 2. The molecular weight excluding hydrogens is 685 g/mol. The first-order valence-electron chi connectivity index (χ1n) is 22.7. The Morgan fingerprint density at radius 1 is 0.891 bits per heavy atom. The van der Waals surface area contributed by atoms with Crippen molar-refractivity contribution in [2.24, 2.45) is 63.1 Å². The fourth-order valence-electron chi connectivity index (χ4n) is 16.6. The molecule has 7 heteroatoms. The van der Waals surface area contributed by atoms with Crippen LogP contribution in [0.25, 0.3) is 0 Å². The minimum absolute atomic E-state index is 0.0120. The highest BCUT2D eigenvalue weighted by atomic mass is 16.3. The number of hydrogen-bond donors (Lipinski definition) is 4. The molecule has 6 saturated carbocycles. The molecule has 10 rings (SSSR count). The summed E-state index contributed by atoms with van der Waals surface area (Å²) in [5, 5.41) is 48.0. The lowest BCUT2D eigenvalue weighted by atomic mass is 9.44. The van der Waals surface area contributed by atoms with Crippen LogP contribution in [0.3, 0.4) is 0 Å². The summed E-state index contributed by atoms with van der Waals surface area (Å²) in [6, 6.07) is 0. The van der Waals surface area contributed by atoms with Gasteiger partial charge in [-0.3, -0.25) is 4.79 Å². The lowest BCUT2D eigenvalue weighted by Gasteiger charge is -2.61. The monoisotopic (exact) mass is 753 g/mol. The van der Waals surface area contributed by atoms with Gasteiger partial charge in [0.05, 0.1) is 30.2 Å². The number of carbonyl (C=O) groups excluding carboxylic acids is 1. The summed E-state index contributed by atoms with van der Waals surface area (Å²) in [6.45, 7) is 10.3. The summed E-state index contributed by atoms with van der Waals surface area (Å²) < 4.78 is 2.22. The second-order valence-corrected chi connectivity index (χ2v) is 21.8. The number of rotatable bonds is 5. The van der Waals surface area contributed by atoms with Gasteiger partial charge in [-0.05, 0) is 154 Å². The molecule has 1 heterocycles. The smallest absolute Gasteiger partial charge is 0.159 e. The first-order chi connectivity index (χ1) is 26.2. The topological polar surface area (TPSA) is 116 Å². The number of allylic oxidation sites excluding steroid dienone is 3. The molecule has 55 heavy (non-hydrogen) atoms. The summed E-state index contributed by atoms with van der Waals surface area (Å²) >= 11 is 0. The molecule has 1 spiro atoms. The van der Waals surface area contributed by atoms with Crippen LogP contribution in [0.1, 0.15) is 143 Å². The Kier molecular flexibility index (Phi) is 8.61. The van der Waals surface area contributed by atoms with Crippen LogP contribution >= 0.6 is 0 Å². The summed E-state index contributed by atoms with van der Waals surface area (Å²) in [5.41, 5.74) is 5.90. The molecule has 0 amide bonds. The number of ketones is 1. The zero-order chi connectivity index (χ0) is 38.3. The van der Waals surface area contributed by atoms with Gasteiger partial charge in [0.15, 0.2) is 5.78 Å². The van der Waals surface area contributed by atoms with E-state index in [-0.39, 0.29) is 40.8 Å². The van der Waals surface area contributed by atoms with Crippen molar-refractivity contribution in [2.45, 2.75) is 174 Å². The van der Waals surface area contributed by atoms with Crippen LogP contribution in [0, 0.1) is 63.1 Å². The molecule has 7 nitrogen and oxygen atoms in total. The van der Waals surface area contributed by atoms with Crippen molar-refractivity contribution in [1.82, 2.24) is 9.55 Å². The van der Waals surface area contributed by atoms with Crippen molar-refractivity contribution in [2.75, 3.05) is 0 Å². The van der Waals surface area contributed by atoms with Crippen molar-refractivity contribution in [3.05, 3.63) is 52.7 Å². The maximum absolute atomic E-state index is 13.9. The standard InChI is InChI=1S/C48H68N2O5/c1-44(2,19-21-50-22-20-49-27-50)42-30-11-8-16-47(14-5-6-15-47)41(30)29-10-7-9-28-23-31(43(54)40(42)39(28)29)32-13-18-48(55)34-24-36(51)35-25-37(52)38(53)26-45(35,3)33(34)12-17-46(32,48)4/h20,22,24,27-28,31-33,35,37-38,40-41,43,52-55H,5-19,21,23,25-26H2,1-4H3. The van der Waals surface area contributed by atoms with E-state index in [2.05, 4.69) is 43.4 Å². The minimum atomic E-state index is -1.11. The molecule has 300 valence electrons. The predicted molar refractivity (Wildman–Crippen MR) is 212 cm³/mol. The van der Waals surface area contributed by atoms with Crippen molar-refractivity contribution in [1.29, 1.82) is 0 Å². The van der Waals surface area contributed by atoms with Crippen molar-refractivity contribution >= 4 is 5.78 Å². The average molecular weight is 753 g/mol. The van der Waals surface area contributed by atoms with Gasteiger partial charge in [-0.15, -0.1) is 0 Å². The number of imidazole rings is 1. The van der Waals surface area contributed by atoms with Gasteiger partial charge >= 0.3 is 0 Å². The van der Waals surface area contributed by atoms with E-state index in [4.69, 9.17) is 0 Å². The van der Waals surface area contributed by atoms with Gasteiger partial charge in [0, 0.05) is 42.1 Å². The molecule has 0 saturated heterocycles. The van der Waals surface area contributed by atoms with E-state index in [0.717, 1.165) is 44.2 Å². The largest absolute Gasteiger partial charge is 0.392 e. The first-order valence-corrected chi connectivity index (χ1v) is 22.7. The van der Waals surface area contributed by atoms with E-state index in [0.29, 0.717) is 36.5 Å². The molecule has 0 bridgehead atoms. The van der Waals surface area contributed by atoms with Gasteiger partial charge in [0.25, 0.3) is 0 Å². The molecule has 1 aromatic heterocycles. The summed E-state index contributed by atoms with van der Waals surface area (Å²) in [4.78, 5) is 18.3. The van der Waals surface area contributed by atoms with Crippen LogP contribution in [-0.4, -0.2) is 59.7 Å². The lowest BCUT2D eigenvalue weighted by Crippen LogP contribution is -2.61. The Morgan fingerprint density at radius 2 is 1.65 bits per heavy atom. The Labute approximate surface area is 329 Å². The van der Waals surface area contributed by atoms with Gasteiger partial charge in [-0.25, -0.2) is 4.98 Å². The normalized spacial score (nSPS) is 46.2. The Bertz CT molecular complexity index is 1820. The van der Waals surface area contributed by atoms with Crippen molar-refractivity contribution in [3.8, 4) is 0 Å². The zero-order valence-electron chi connectivity index (χ0n) is 34.1. The van der Waals surface area contributed by atoms with E-state index in [1.54, 1.807) is 28.4 Å².